The van der Waals surface area contributed by atoms with Gasteiger partial charge in [0, 0.05) is 62.0 Å². The third kappa shape index (κ3) is 6.23. The van der Waals surface area contributed by atoms with E-state index in [-0.39, 0.29) is 48.4 Å². The number of benzene rings is 1. The number of rotatable bonds is 11. The van der Waals surface area contributed by atoms with Crippen LogP contribution in [0.2, 0.25) is 0 Å². The van der Waals surface area contributed by atoms with Crippen LogP contribution in [-0.4, -0.2) is 83.6 Å². The highest BCUT2D eigenvalue weighted by Crippen LogP contribution is 2.62. The number of cyclic esters (lactones) is 1. The molecule has 1 amide bonds. The van der Waals surface area contributed by atoms with Crippen LogP contribution < -0.4 is 10.6 Å². The van der Waals surface area contributed by atoms with Crippen molar-refractivity contribution in [2.75, 3.05) is 13.7 Å². The first-order chi connectivity index (χ1) is 23.6. The quantitative estimate of drug-likeness (QED) is 0.196. The van der Waals surface area contributed by atoms with Crippen LogP contribution in [-0.2, 0) is 49.4 Å². The first-order valence-electron chi connectivity index (χ1n) is 16.7. The molecule has 0 aromatic heterocycles. The van der Waals surface area contributed by atoms with E-state index in [0.717, 1.165) is 5.56 Å². The molecule has 0 radical (unpaired) electrons. The summed E-state index contributed by atoms with van der Waals surface area (Å²) in [4.78, 5) is 79.2. The second-order valence-electron chi connectivity index (χ2n) is 14.2. The molecule has 0 spiro atoms. The zero-order chi connectivity index (χ0) is 36.7. The normalized spacial score (nSPS) is 29.5. The van der Waals surface area contributed by atoms with Crippen molar-refractivity contribution in [3.05, 3.63) is 70.1 Å². The van der Waals surface area contributed by atoms with Gasteiger partial charge >= 0.3 is 17.9 Å². The molecule has 1 saturated carbocycles. The number of ketones is 2. The molecule has 1 saturated heterocycles. The molecule has 2 fully saturated rings. The number of aliphatic carboxylic acids is 1. The van der Waals surface area contributed by atoms with Crippen LogP contribution >= 0.6 is 0 Å². The summed E-state index contributed by atoms with van der Waals surface area (Å²) in [5.74, 6) is -6.02. The van der Waals surface area contributed by atoms with Gasteiger partial charge in [0.2, 0.25) is 11.7 Å². The number of allylic oxidation sites excluding steroid dienone is 1. The van der Waals surface area contributed by atoms with Crippen molar-refractivity contribution < 1.29 is 53.2 Å². The fourth-order valence-electron chi connectivity index (χ4n) is 8.12. The smallest absolute Gasteiger partial charge is 0.340 e. The van der Waals surface area contributed by atoms with Gasteiger partial charge < -0.3 is 35.1 Å². The molecule has 3 aliphatic carbocycles. The summed E-state index contributed by atoms with van der Waals surface area (Å²) in [6.07, 6.45) is -0.208. The molecule has 1 aromatic rings. The number of aliphatic hydroxyl groups is 1. The van der Waals surface area contributed by atoms with Gasteiger partial charge in [0.15, 0.2) is 5.76 Å². The number of carboxylic acid groups (broad SMARTS) is 1. The van der Waals surface area contributed by atoms with E-state index < -0.39 is 82.3 Å². The predicted octanol–water partition coefficient (Wildman–Crippen LogP) is 2.89. The zero-order valence-corrected chi connectivity index (χ0v) is 29.0. The molecule has 0 bridgehead atoms. The molecule has 1 aliphatic heterocycles. The van der Waals surface area contributed by atoms with E-state index in [2.05, 4.69) is 10.6 Å². The summed E-state index contributed by atoms with van der Waals surface area (Å²) in [7, 11) is 1.40. The summed E-state index contributed by atoms with van der Waals surface area (Å²) in [5, 5.41) is 27.0. The van der Waals surface area contributed by atoms with E-state index in [1.807, 2.05) is 0 Å². The average molecular weight is 693 g/mol. The number of nitrogens with one attached hydrogen (secondary N) is 2. The lowest BCUT2D eigenvalue weighted by Crippen LogP contribution is -2.57. The maximum atomic E-state index is 14.3. The fraction of sp³-hybridized carbons (Fsp3) is 0.514. The van der Waals surface area contributed by atoms with Crippen molar-refractivity contribution in [2.45, 2.75) is 84.6 Å². The highest BCUT2D eigenvalue weighted by Gasteiger charge is 2.64. The van der Waals surface area contributed by atoms with Crippen molar-refractivity contribution in [2.24, 2.45) is 22.7 Å². The SMILES string of the molecule is COC[C@@H]1OC(=O)/C(=C/N[C@H](Cc2ccccc2)C(=O)N[C@H](C(=O)O)C(C)C)C2=C(O)C(=O)C3=C([C@H](OC(C)=O)C[C@]4(C)C(=O)CC[C@H]34)[C@]21C. The molecule has 5 rings (SSSR count). The van der Waals surface area contributed by atoms with E-state index in [9.17, 15) is 39.0 Å². The Morgan fingerprint density at radius 3 is 2.40 bits per heavy atom. The number of carboxylic acids is 1. The molecule has 50 heavy (non-hydrogen) atoms. The van der Waals surface area contributed by atoms with E-state index >= 15 is 0 Å². The van der Waals surface area contributed by atoms with Gasteiger partial charge in [-0.25, -0.2) is 9.59 Å². The maximum absolute atomic E-state index is 14.3. The van der Waals surface area contributed by atoms with Crippen molar-refractivity contribution in [1.29, 1.82) is 0 Å². The minimum absolute atomic E-state index is 0.0722. The summed E-state index contributed by atoms with van der Waals surface area (Å²) in [6.45, 7) is 7.81. The lowest BCUT2D eigenvalue weighted by atomic mass is 9.53. The number of amides is 1. The Kier molecular flexibility index (Phi) is 10.1. The average Bonchev–Trinajstić information content (AvgIpc) is 3.34. The summed E-state index contributed by atoms with van der Waals surface area (Å²) >= 11 is 0. The highest BCUT2D eigenvalue weighted by atomic mass is 16.6. The number of aliphatic hydroxyl groups excluding tert-OH is 1. The predicted molar refractivity (Wildman–Crippen MR) is 177 cm³/mol. The van der Waals surface area contributed by atoms with Gasteiger partial charge in [-0.1, -0.05) is 51.1 Å². The fourth-order valence-corrected chi connectivity index (χ4v) is 8.12. The van der Waals surface area contributed by atoms with Crippen molar-refractivity contribution in [3.8, 4) is 0 Å². The number of ether oxygens (including phenoxy) is 3. The van der Waals surface area contributed by atoms with Gasteiger partial charge in [-0.05, 0) is 30.4 Å². The summed E-state index contributed by atoms with van der Waals surface area (Å²) in [6, 6.07) is 6.64. The van der Waals surface area contributed by atoms with Crippen LogP contribution in [0.5, 0.6) is 0 Å². The molecular formula is C37H44N2O11. The Morgan fingerprint density at radius 1 is 1.12 bits per heavy atom. The molecular weight excluding hydrogens is 648 g/mol. The maximum Gasteiger partial charge on any atom is 0.340 e. The van der Waals surface area contributed by atoms with Crippen LogP contribution in [0.15, 0.2) is 64.6 Å². The third-order valence-electron chi connectivity index (χ3n) is 10.7. The number of methoxy groups -OCH3 is 1. The number of hydrogen-bond donors (Lipinski definition) is 4. The van der Waals surface area contributed by atoms with Crippen LogP contribution in [0, 0.1) is 22.7 Å². The molecule has 7 atom stereocenters. The number of Topliss-reactive ketones (excluding diaryl/α,β-unsaturated/α-hetero) is 2. The molecule has 1 heterocycles. The molecule has 4 N–H and O–H groups in total. The number of fused-ring (bicyclic) bond motifs is 4. The Morgan fingerprint density at radius 2 is 1.80 bits per heavy atom. The summed E-state index contributed by atoms with van der Waals surface area (Å²) < 4.78 is 17.2. The Hall–Kier alpha value is -4.78. The number of hydrogen-bond acceptors (Lipinski definition) is 11. The second kappa shape index (κ2) is 13.9. The molecule has 13 nitrogen and oxygen atoms in total. The monoisotopic (exact) mass is 692 g/mol. The van der Waals surface area contributed by atoms with E-state index in [1.54, 1.807) is 58.0 Å². The van der Waals surface area contributed by atoms with Gasteiger partial charge in [-0.2, -0.15) is 0 Å². The van der Waals surface area contributed by atoms with Crippen LogP contribution in [0.1, 0.15) is 59.4 Å². The number of carbonyl (C=O) groups is 6. The second-order valence-corrected chi connectivity index (χ2v) is 14.2. The lowest BCUT2D eigenvalue weighted by Gasteiger charge is -2.53. The largest absolute Gasteiger partial charge is 0.504 e. The Labute approximate surface area is 290 Å². The number of carbonyl (C=O) groups excluding carboxylic acids is 5. The number of esters is 2. The Balaban J connectivity index is 1.64. The van der Waals surface area contributed by atoms with Gasteiger partial charge in [-0.3, -0.25) is 19.2 Å². The molecule has 4 aliphatic rings. The topological polar surface area (TPSA) is 195 Å². The lowest BCUT2D eigenvalue weighted by molar-refractivity contribution is -0.160. The van der Waals surface area contributed by atoms with Crippen molar-refractivity contribution in [3.63, 3.8) is 0 Å². The van der Waals surface area contributed by atoms with Crippen molar-refractivity contribution >= 4 is 35.4 Å². The minimum Gasteiger partial charge on any atom is -0.504 e. The van der Waals surface area contributed by atoms with Crippen LogP contribution in [0.3, 0.4) is 0 Å². The minimum atomic E-state index is -1.47. The highest BCUT2D eigenvalue weighted by molar-refractivity contribution is 6.14. The molecule has 13 heteroatoms. The third-order valence-corrected chi connectivity index (χ3v) is 10.7. The molecule has 1 aromatic carbocycles. The van der Waals surface area contributed by atoms with E-state index in [0.29, 0.717) is 12.0 Å². The van der Waals surface area contributed by atoms with Gasteiger partial charge in [0.1, 0.15) is 30.1 Å². The standard InChI is InChI=1S/C37H44N2O11/c1-18(2)30(34(45)46)39-33(44)23(14-20-10-8-7-9-11-20)38-16-21-28-32(43)31(42)27-22-12-13-25(41)36(22,4)15-24(49-19(3)40)29(27)37(28,5)26(17-48-6)50-35(21)47/h7-11,16,18,22-24,26,30,38,43H,12-15,17H2,1-6H3,(H,39,44)(H,45,46)/b21-16+/t22-,23-,24-,26+,30+,36+,37+/m1/s1. The summed E-state index contributed by atoms with van der Waals surface area (Å²) in [5.41, 5.74) is -1.60. The van der Waals surface area contributed by atoms with Crippen LogP contribution in [0.4, 0.5) is 0 Å². The zero-order valence-electron chi connectivity index (χ0n) is 29.0. The van der Waals surface area contributed by atoms with Gasteiger partial charge in [0.25, 0.3) is 0 Å². The van der Waals surface area contributed by atoms with E-state index in [4.69, 9.17) is 14.2 Å². The van der Waals surface area contributed by atoms with Crippen LogP contribution in [0.25, 0.3) is 0 Å². The van der Waals surface area contributed by atoms with E-state index in [1.165, 1.54) is 20.2 Å². The molecule has 268 valence electrons. The van der Waals surface area contributed by atoms with Crippen molar-refractivity contribution in [1.82, 2.24) is 10.6 Å². The Bertz CT molecular complexity index is 1710. The molecule has 0 unspecified atom stereocenters. The van der Waals surface area contributed by atoms with Gasteiger partial charge in [0.05, 0.1) is 17.6 Å². The van der Waals surface area contributed by atoms with Gasteiger partial charge in [-0.15, -0.1) is 0 Å². The first kappa shape index (κ1) is 36.5. The first-order valence-corrected chi connectivity index (χ1v) is 16.7.